The molecule has 1 aliphatic heterocycles. The van der Waals surface area contributed by atoms with Gasteiger partial charge in [0.25, 0.3) is 5.91 Å². The summed E-state index contributed by atoms with van der Waals surface area (Å²) in [7, 11) is 0. The van der Waals surface area contributed by atoms with E-state index < -0.39 is 11.4 Å². The molecular weight excluding hydrogens is 264 g/mol. The zero-order valence-electron chi connectivity index (χ0n) is 9.14. The highest BCUT2D eigenvalue weighted by Gasteiger charge is 2.42. The van der Waals surface area contributed by atoms with E-state index in [0.717, 1.165) is 0 Å². The summed E-state index contributed by atoms with van der Waals surface area (Å²) in [5.74, 6) is -1.11. The second-order valence-corrected chi connectivity index (χ2v) is 5.53. The smallest absolute Gasteiger partial charge is 0.311 e. The van der Waals surface area contributed by atoms with Crippen LogP contribution < -0.4 is 0 Å². The van der Waals surface area contributed by atoms with E-state index in [9.17, 15) is 9.59 Å². The van der Waals surface area contributed by atoms with Crippen LogP contribution in [0.4, 0.5) is 0 Å². The van der Waals surface area contributed by atoms with E-state index in [1.54, 1.807) is 6.92 Å². The van der Waals surface area contributed by atoms with E-state index in [2.05, 4.69) is 4.98 Å². The SMILES string of the molecule is C[C@@]1(C(=O)O)CCN(C(=O)c2scnc2Cl)C1. The van der Waals surface area contributed by atoms with Gasteiger partial charge in [-0.3, -0.25) is 9.59 Å². The first-order chi connectivity index (χ1) is 7.94. The van der Waals surface area contributed by atoms with Gasteiger partial charge < -0.3 is 10.0 Å². The van der Waals surface area contributed by atoms with Crippen molar-refractivity contribution in [2.75, 3.05) is 13.1 Å². The van der Waals surface area contributed by atoms with E-state index in [1.807, 2.05) is 0 Å². The third kappa shape index (κ3) is 2.14. The van der Waals surface area contributed by atoms with Crippen LogP contribution in [-0.2, 0) is 4.79 Å². The molecule has 1 aliphatic rings. The van der Waals surface area contributed by atoms with Crippen LogP contribution in [0.25, 0.3) is 0 Å². The van der Waals surface area contributed by atoms with Gasteiger partial charge >= 0.3 is 5.97 Å². The maximum Gasteiger partial charge on any atom is 0.311 e. The van der Waals surface area contributed by atoms with Crippen molar-refractivity contribution in [1.82, 2.24) is 9.88 Å². The van der Waals surface area contributed by atoms with Gasteiger partial charge in [0.15, 0.2) is 5.15 Å². The summed E-state index contributed by atoms with van der Waals surface area (Å²) in [5, 5.41) is 9.27. The third-order valence-electron chi connectivity index (χ3n) is 3.00. The average molecular weight is 275 g/mol. The fourth-order valence-electron chi connectivity index (χ4n) is 1.82. The molecule has 1 amide bonds. The molecule has 0 bridgehead atoms. The van der Waals surface area contributed by atoms with Crippen molar-refractivity contribution in [3.8, 4) is 0 Å². The van der Waals surface area contributed by atoms with Gasteiger partial charge in [-0.05, 0) is 13.3 Å². The zero-order chi connectivity index (χ0) is 12.6. The van der Waals surface area contributed by atoms with Gasteiger partial charge in [0.1, 0.15) is 4.88 Å². The number of hydrogen-bond donors (Lipinski definition) is 1. The van der Waals surface area contributed by atoms with E-state index >= 15 is 0 Å². The third-order valence-corrected chi connectivity index (χ3v) is 4.21. The first-order valence-corrected chi connectivity index (χ1v) is 6.31. The lowest BCUT2D eigenvalue weighted by atomic mass is 9.90. The molecule has 2 rings (SSSR count). The highest BCUT2D eigenvalue weighted by Crippen LogP contribution is 2.32. The van der Waals surface area contributed by atoms with Crippen LogP contribution >= 0.6 is 22.9 Å². The van der Waals surface area contributed by atoms with Gasteiger partial charge in [0.05, 0.1) is 10.9 Å². The minimum absolute atomic E-state index is 0.184. The van der Waals surface area contributed by atoms with Crippen LogP contribution in [0.5, 0.6) is 0 Å². The summed E-state index contributed by atoms with van der Waals surface area (Å²) in [4.78, 5) is 28.8. The molecule has 7 heteroatoms. The van der Waals surface area contributed by atoms with Crippen molar-refractivity contribution < 1.29 is 14.7 Å². The molecule has 1 atom stereocenters. The number of hydrogen-bond acceptors (Lipinski definition) is 4. The normalized spacial score (nSPS) is 24.0. The Kier molecular flexibility index (Phi) is 3.09. The Morgan fingerprint density at radius 1 is 1.65 bits per heavy atom. The van der Waals surface area contributed by atoms with Crippen LogP contribution in [0.3, 0.4) is 0 Å². The second kappa shape index (κ2) is 4.27. The van der Waals surface area contributed by atoms with Crippen molar-refractivity contribution in [2.24, 2.45) is 5.41 Å². The quantitative estimate of drug-likeness (QED) is 0.892. The number of nitrogens with zero attached hydrogens (tertiary/aromatic N) is 2. The molecule has 0 aliphatic carbocycles. The van der Waals surface area contributed by atoms with Gasteiger partial charge in [0, 0.05) is 13.1 Å². The molecule has 1 N–H and O–H groups in total. The Balaban J connectivity index is 2.15. The van der Waals surface area contributed by atoms with Gasteiger partial charge in [-0.25, -0.2) is 4.98 Å². The zero-order valence-corrected chi connectivity index (χ0v) is 10.7. The summed E-state index contributed by atoms with van der Waals surface area (Å²) in [6.45, 7) is 2.31. The topological polar surface area (TPSA) is 70.5 Å². The van der Waals surface area contributed by atoms with Crippen molar-refractivity contribution >= 4 is 34.8 Å². The largest absolute Gasteiger partial charge is 0.481 e. The minimum atomic E-state index is -0.872. The Morgan fingerprint density at radius 3 is 2.82 bits per heavy atom. The highest BCUT2D eigenvalue weighted by molar-refractivity contribution is 7.12. The number of aromatic nitrogens is 1. The lowest BCUT2D eigenvalue weighted by Gasteiger charge is -2.19. The summed E-state index contributed by atoms with van der Waals surface area (Å²) in [5.41, 5.74) is 0.648. The molecule has 0 saturated carbocycles. The Morgan fingerprint density at radius 2 is 2.35 bits per heavy atom. The number of likely N-dealkylation sites (tertiary alicyclic amines) is 1. The molecule has 2 heterocycles. The van der Waals surface area contributed by atoms with Gasteiger partial charge in [-0.2, -0.15) is 0 Å². The van der Waals surface area contributed by atoms with Gasteiger partial charge in [0.2, 0.25) is 0 Å². The summed E-state index contributed by atoms with van der Waals surface area (Å²) in [6, 6.07) is 0. The average Bonchev–Trinajstić information content (AvgIpc) is 2.85. The molecule has 1 fully saturated rings. The number of carbonyl (C=O) groups excluding carboxylic acids is 1. The first-order valence-electron chi connectivity index (χ1n) is 5.06. The number of amides is 1. The number of thiazole rings is 1. The molecular formula is C10H11ClN2O3S. The standard InChI is InChI=1S/C10H11ClN2O3S/c1-10(9(15)16)2-3-13(4-10)8(14)6-7(11)12-5-17-6/h5H,2-4H2,1H3,(H,15,16)/t10-/m1/s1. The van der Waals surface area contributed by atoms with Crippen LogP contribution in [0.2, 0.25) is 5.15 Å². The fourth-order valence-corrected chi connectivity index (χ4v) is 2.79. The predicted octanol–water partition coefficient (Wildman–Crippen LogP) is 1.73. The van der Waals surface area contributed by atoms with Crippen LogP contribution in [0.15, 0.2) is 5.51 Å². The van der Waals surface area contributed by atoms with Crippen molar-refractivity contribution in [3.63, 3.8) is 0 Å². The van der Waals surface area contributed by atoms with E-state index in [-0.39, 0.29) is 17.6 Å². The molecule has 1 aromatic rings. The Bertz CT molecular complexity index is 476. The molecule has 17 heavy (non-hydrogen) atoms. The molecule has 1 saturated heterocycles. The lowest BCUT2D eigenvalue weighted by Crippen LogP contribution is -2.34. The molecule has 1 aromatic heterocycles. The Labute approximate surface area is 107 Å². The van der Waals surface area contributed by atoms with Crippen LogP contribution in [0.1, 0.15) is 23.0 Å². The van der Waals surface area contributed by atoms with Crippen molar-refractivity contribution in [2.45, 2.75) is 13.3 Å². The summed E-state index contributed by atoms with van der Waals surface area (Å²) < 4.78 is 0. The maximum absolute atomic E-state index is 12.1. The number of halogens is 1. The van der Waals surface area contributed by atoms with Crippen LogP contribution in [0, 0.1) is 5.41 Å². The monoisotopic (exact) mass is 274 g/mol. The molecule has 0 spiro atoms. The maximum atomic E-state index is 12.1. The van der Waals surface area contributed by atoms with E-state index in [0.29, 0.717) is 17.8 Å². The molecule has 0 radical (unpaired) electrons. The highest BCUT2D eigenvalue weighted by atomic mass is 35.5. The number of carbonyl (C=O) groups is 2. The van der Waals surface area contributed by atoms with Gasteiger partial charge in [-0.1, -0.05) is 11.6 Å². The molecule has 0 unspecified atom stereocenters. The van der Waals surface area contributed by atoms with E-state index in [4.69, 9.17) is 16.7 Å². The van der Waals surface area contributed by atoms with Crippen molar-refractivity contribution in [1.29, 1.82) is 0 Å². The lowest BCUT2D eigenvalue weighted by molar-refractivity contribution is -0.147. The predicted molar refractivity (Wildman–Crippen MR) is 63.4 cm³/mol. The molecule has 0 aromatic carbocycles. The summed E-state index contributed by atoms with van der Waals surface area (Å²) in [6.07, 6.45) is 0.463. The summed E-state index contributed by atoms with van der Waals surface area (Å²) >= 11 is 6.95. The van der Waals surface area contributed by atoms with Crippen LogP contribution in [-0.4, -0.2) is 40.0 Å². The number of aliphatic carboxylic acids is 1. The van der Waals surface area contributed by atoms with Gasteiger partial charge in [-0.15, -0.1) is 11.3 Å². The molecule has 5 nitrogen and oxygen atoms in total. The number of carboxylic acid groups (broad SMARTS) is 1. The first kappa shape index (κ1) is 12.3. The molecule has 92 valence electrons. The second-order valence-electron chi connectivity index (χ2n) is 4.31. The van der Waals surface area contributed by atoms with E-state index in [1.165, 1.54) is 21.7 Å². The Hall–Kier alpha value is -1.14. The number of carboxylic acids is 1. The fraction of sp³-hybridized carbons (Fsp3) is 0.500. The minimum Gasteiger partial charge on any atom is -0.481 e. The van der Waals surface area contributed by atoms with Crippen molar-refractivity contribution in [3.05, 3.63) is 15.5 Å². The number of rotatable bonds is 2.